The van der Waals surface area contributed by atoms with E-state index in [4.69, 9.17) is 24.2 Å². The maximum absolute atomic E-state index is 14.4. The van der Waals surface area contributed by atoms with E-state index in [9.17, 15) is 38.7 Å². The number of hydrogen-bond donors (Lipinski definition) is 5. The molecule has 1 saturated carbocycles. The third-order valence-corrected chi connectivity index (χ3v) is 22.1. The first kappa shape index (κ1) is 76.6. The van der Waals surface area contributed by atoms with Crippen molar-refractivity contribution in [3.05, 3.63) is 71.0 Å². The smallest absolute Gasteiger partial charge is 0.326 e. The summed E-state index contributed by atoms with van der Waals surface area (Å²) < 4.78 is 18.3. The third kappa shape index (κ3) is 22.6. The van der Waals surface area contributed by atoms with Crippen molar-refractivity contribution in [2.75, 3.05) is 61.1 Å². The molecule has 0 radical (unpaired) electrons. The second-order valence-corrected chi connectivity index (χ2v) is 30.5. The SMILES string of the molecule is CCC(C)C(C(CC(=O)N1CCCC1C(OC)C(C)C(=O)NC(Cc1ccccc1)C(=O)O)OC)N(C)C(=O)C(C)NC(=O)C(C(C)C)N(C)CCCCCCC(=O)NCC(C)(C)OCC(C)(C)CNC(=O)c1ccc2nc3c(nc2c1)CSC1CCCCCC1SC3. The number of nitrogens with zero attached hydrogens (tertiary/aromatic N) is 5. The highest BCUT2D eigenvalue weighted by molar-refractivity contribution is 8.03. The van der Waals surface area contributed by atoms with Crippen molar-refractivity contribution in [1.29, 1.82) is 0 Å². The van der Waals surface area contributed by atoms with Crippen LogP contribution in [0.4, 0.5) is 0 Å². The van der Waals surface area contributed by atoms with Crippen LogP contribution >= 0.6 is 23.5 Å². The van der Waals surface area contributed by atoms with Crippen molar-refractivity contribution in [2.24, 2.45) is 23.2 Å². The summed E-state index contributed by atoms with van der Waals surface area (Å²) in [5.41, 5.74) is 3.94. The summed E-state index contributed by atoms with van der Waals surface area (Å²) in [7, 11) is 6.63. The van der Waals surface area contributed by atoms with Crippen molar-refractivity contribution in [3.8, 4) is 0 Å². The number of likely N-dealkylation sites (N-methyl/N-ethyl adjacent to an activating group) is 2. The Morgan fingerprint density at radius 1 is 0.763 bits per heavy atom. The summed E-state index contributed by atoms with van der Waals surface area (Å²) in [6.45, 7) is 21.5. The zero-order chi connectivity index (χ0) is 68.2. The highest BCUT2D eigenvalue weighted by atomic mass is 32.2. The Hall–Kier alpha value is -5.39. The van der Waals surface area contributed by atoms with Gasteiger partial charge >= 0.3 is 5.97 Å². The number of thioether (sulfide) groups is 2. The minimum atomic E-state index is -1.15. The Labute approximate surface area is 562 Å². The molecule has 3 heterocycles. The van der Waals surface area contributed by atoms with E-state index in [0.29, 0.717) is 81.0 Å². The Balaban J connectivity index is 0.895. The van der Waals surface area contributed by atoms with E-state index in [-0.39, 0.29) is 59.6 Å². The number of benzene rings is 2. The predicted molar refractivity (Wildman–Crippen MR) is 370 cm³/mol. The minimum Gasteiger partial charge on any atom is -0.480 e. The molecule has 1 aliphatic carbocycles. The average molecular weight is 1330 g/mol. The van der Waals surface area contributed by atoms with Crippen LogP contribution in [0.5, 0.6) is 0 Å². The van der Waals surface area contributed by atoms with Crippen molar-refractivity contribution in [1.82, 2.24) is 45.9 Å². The fraction of sp³-hybridized carbons (Fsp3) is 0.704. The fourth-order valence-electron chi connectivity index (χ4n) is 13.3. The van der Waals surface area contributed by atoms with Crippen LogP contribution in [0.2, 0.25) is 0 Å². The van der Waals surface area contributed by atoms with Gasteiger partial charge in [-0.2, -0.15) is 23.5 Å². The summed E-state index contributed by atoms with van der Waals surface area (Å²) in [5, 5.41) is 23.2. The van der Waals surface area contributed by atoms with Crippen molar-refractivity contribution in [3.63, 3.8) is 0 Å². The number of nitrogens with one attached hydrogen (secondary N) is 4. The third-order valence-electron chi connectivity index (χ3n) is 19.1. The number of carbonyl (C=O) groups is 7. The quantitative estimate of drug-likeness (QED) is 0.0344. The normalized spacial score (nSPS) is 19.7. The first-order valence-electron chi connectivity index (χ1n) is 34.1. The molecule has 20 nitrogen and oxygen atoms in total. The van der Waals surface area contributed by atoms with Gasteiger partial charge in [0.1, 0.15) is 12.1 Å². The summed E-state index contributed by atoms with van der Waals surface area (Å²) in [6, 6.07) is 11.1. The van der Waals surface area contributed by atoms with E-state index in [1.807, 2.05) is 139 Å². The minimum absolute atomic E-state index is 0.0446. The Kier molecular flexibility index (Phi) is 30.2. The van der Waals surface area contributed by atoms with Gasteiger partial charge in [-0.05, 0) is 108 Å². The highest BCUT2D eigenvalue weighted by Gasteiger charge is 2.43. The lowest BCUT2D eigenvalue weighted by atomic mass is 9.90. The van der Waals surface area contributed by atoms with Crippen LogP contribution in [0.1, 0.15) is 186 Å². The van der Waals surface area contributed by atoms with Gasteiger partial charge in [-0.25, -0.2) is 14.8 Å². The van der Waals surface area contributed by atoms with Gasteiger partial charge in [-0.15, -0.1) is 0 Å². The number of aliphatic carboxylic acids is 1. The van der Waals surface area contributed by atoms with Gasteiger partial charge in [0.05, 0.1) is 77.3 Å². The van der Waals surface area contributed by atoms with Gasteiger partial charge in [0.2, 0.25) is 29.5 Å². The first-order chi connectivity index (χ1) is 44.2. The maximum atomic E-state index is 14.4. The topological polar surface area (TPSA) is 251 Å². The van der Waals surface area contributed by atoms with Crippen LogP contribution in [0.3, 0.4) is 0 Å². The molecule has 1 aromatic heterocycles. The summed E-state index contributed by atoms with van der Waals surface area (Å²) in [5.74, 6) is -1.85. The van der Waals surface area contributed by atoms with Gasteiger partial charge in [-0.1, -0.05) is 117 Å². The number of unbranched alkanes of at least 4 members (excludes halogenated alkanes) is 3. The van der Waals surface area contributed by atoms with Crippen LogP contribution in [0.25, 0.3) is 11.0 Å². The van der Waals surface area contributed by atoms with E-state index in [2.05, 4.69) is 21.3 Å². The fourth-order valence-corrected chi connectivity index (χ4v) is 16.3. The molecule has 11 unspecified atom stereocenters. The van der Waals surface area contributed by atoms with Crippen molar-refractivity contribution in [2.45, 2.75) is 236 Å². The van der Waals surface area contributed by atoms with Crippen LogP contribution in [0, 0.1) is 23.2 Å². The number of rotatable bonds is 35. The lowest BCUT2D eigenvalue weighted by Crippen LogP contribution is -2.58. The molecule has 93 heavy (non-hydrogen) atoms. The monoisotopic (exact) mass is 1330 g/mol. The number of aromatic nitrogens is 2. The number of ether oxygens (including phenoxy) is 3. The zero-order valence-corrected chi connectivity index (χ0v) is 59.8. The van der Waals surface area contributed by atoms with Crippen LogP contribution in [-0.2, 0) is 60.9 Å². The summed E-state index contributed by atoms with van der Waals surface area (Å²) in [4.78, 5) is 111. The molecular weight excluding hydrogens is 1220 g/mol. The largest absolute Gasteiger partial charge is 0.480 e. The zero-order valence-electron chi connectivity index (χ0n) is 58.2. The lowest BCUT2D eigenvalue weighted by Gasteiger charge is -2.40. The molecule has 5 N–H and O–H groups in total. The van der Waals surface area contributed by atoms with Crippen LogP contribution in [-0.4, -0.2) is 191 Å². The second-order valence-electron chi connectivity index (χ2n) is 28.1. The van der Waals surface area contributed by atoms with Crippen molar-refractivity contribution >= 4 is 76.0 Å². The van der Waals surface area contributed by atoms with Crippen LogP contribution in [0.15, 0.2) is 48.5 Å². The van der Waals surface area contributed by atoms with Gasteiger partial charge < -0.3 is 50.4 Å². The highest BCUT2D eigenvalue weighted by Crippen LogP contribution is 2.41. The second kappa shape index (κ2) is 36.6. The summed E-state index contributed by atoms with van der Waals surface area (Å²) >= 11 is 4.06. The Morgan fingerprint density at radius 2 is 1.42 bits per heavy atom. The number of carboxylic acid groups (broad SMARTS) is 1. The van der Waals surface area contributed by atoms with Gasteiger partial charge in [0.25, 0.3) is 5.91 Å². The molecule has 2 aromatic carbocycles. The number of hydrogen-bond acceptors (Lipinski definition) is 15. The van der Waals surface area contributed by atoms with E-state index < -0.39 is 65.8 Å². The number of fused-ring (bicyclic) bond motifs is 3. The molecule has 3 aromatic rings. The Bertz CT molecular complexity index is 2940. The average Bonchev–Trinajstić information content (AvgIpc) is 1.72. The molecule has 11 atom stereocenters. The van der Waals surface area contributed by atoms with E-state index in [1.54, 1.807) is 30.7 Å². The predicted octanol–water partition coefficient (Wildman–Crippen LogP) is 9.62. The molecule has 3 aliphatic rings. The lowest BCUT2D eigenvalue weighted by molar-refractivity contribution is -0.147. The molecule has 6 rings (SSSR count). The molecule has 0 bridgehead atoms. The van der Waals surface area contributed by atoms with E-state index in [0.717, 1.165) is 58.8 Å². The number of carboxylic acids is 1. The number of likely N-dealkylation sites (tertiary alicyclic amines) is 1. The molecule has 0 spiro atoms. The molecular formula is C71H111N9O11S2. The molecule has 518 valence electrons. The van der Waals surface area contributed by atoms with Gasteiger partial charge in [0, 0.05) is 86.7 Å². The van der Waals surface area contributed by atoms with Gasteiger partial charge in [0.15, 0.2) is 0 Å². The van der Waals surface area contributed by atoms with Crippen molar-refractivity contribution < 1.29 is 52.9 Å². The molecule has 6 amide bonds. The Morgan fingerprint density at radius 3 is 2.04 bits per heavy atom. The molecule has 2 aliphatic heterocycles. The molecule has 2 fully saturated rings. The first-order valence-corrected chi connectivity index (χ1v) is 36.2. The molecule has 22 heteroatoms. The van der Waals surface area contributed by atoms with E-state index in [1.165, 1.54) is 46.3 Å². The van der Waals surface area contributed by atoms with Gasteiger partial charge in [-0.3, -0.25) is 33.7 Å². The molecule has 1 saturated heterocycles. The van der Waals surface area contributed by atoms with Crippen LogP contribution < -0.4 is 21.3 Å². The summed E-state index contributed by atoms with van der Waals surface area (Å²) in [6.07, 6.45) is 10.7. The number of methoxy groups -OCH3 is 2. The number of carbonyl (C=O) groups excluding carboxylic acids is 6. The standard InChI is InChI=1S/C71H111N9O11S2/c1-15-46(4)63(57(89-13)39-61(82)80-36-26-29-56(80)64(90-14)47(5)65(83)77-53(69(87)88)37-49-27-20-18-21-28-49)79(12)68(86)48(6)74-67(85)62(45(2)3)78(11)35-25-17-16-24-32-60(81)72-43-71(9,10)91-44-70(7,8)42-73-66(84)50-33-34-51-52(38-50)76-55-41-93-59-31-23-19-22-30-58(59)92-40-54(55)75-51/h18,20-21,27-28,33-34,38,45-48,53,56-59,62-64H,15-17,19,22-26,29-32,35-37,39-44H2,1-14H3,(H,72,81)(H,73,84)(H,74,85)(H,77,83)(H,87,88). The number of amides is 6. The van der Waals surface area contributed by atoms with E-state index >= 15 is 0 Å². The maximum Gasteiger partial charge on any atom is 0.326 e.